The van der Waals surface area contributed by atoms with Crippen LogP contribution in [0.1, 0.15) is 45.0 Å². The monoisotopic (exact) mass is 265 g/mol. The Hall–Kier alpha value is -1.85. The van der Waals surface area contributed by atoms with Crippen molar-refractivity contribution in [3.63, 3.8) is 0 Å². The molecule has 0 fully saturated rings. The van der Waals surface area contributed by atoms with E-state index in [1.54, 1.807) is 0 Å². The summed E-state index contributed by atoms with van der Waals surface area (Å²) in [5.41, 5.74) is 6.62. The molecule has 0 aliphatic rings. The van der Waals surface area contributed by atoms with Crippen LogP contribution in [0.25, 0.3) is 0 Å². The van der Waals surface area contributed by atoms with Crippen molar-refractivity contribution in [3.8, 4) is 0 Å². The van der Waals surface area contributed by atoms with E-state index in [1.165, 1.54) is 0 Å². The second-order valence-electron chi connectivity index (χ2n) is 5.17. The Bertz CT molecular complexity index is 457. The van der Waals surface area contributed by atoms with Gasteiger partial charge in [-0.3, -0.25) is 4.79 Å². The standard InChI is InChI=1S/C13H23N5O/c1-7(2)12-17-11(14)9(5)13(18-12)15-6-10(19)16-8(3)4/h7-8H,6H2,1-5H3,(H,16,19)(H3,14,15,17,18). The number of hydrogen-bond acceptors (Lipinski definition) is 5. The van der Waals surface area contributed by atoms with Gasteiger partial charge < -0.3 is 16.4 Å². The first kappa shape index (κ1) is 15.2. The summed E-state index contributed by atoms with van der Waals surface area (Å²) in [5.74, 6) is 1.86. The third-order valence-corrected chi connectivity index (χ3v) is 2.58. The van der Waals surface area contributed by atoms with Gasteiger partial charge in [-0.2, -0.15) is 0 Å². The van der Waals surface area contributed by atoms with Gasteiger partial charge in [0.25, 0.3) is 0 Å². The highest BCUT2D eigenvalue weighted by Crippen LogP contribution is 2.20. The van der Waals surface area contributed by atoms with Crippen LogP contribution in [0.4, 0.5) is 11.6 Å². The fraction of sp³-hybridized carbons (Fsp3) is 0.615. The minimum atomic E-state index is -0.0716. The lowest BCUT2D eigenvalue weighted by Gasteiger charge is -2.14. The van der Waals surface area contributed by atoms with E-state index in [0.29, 0.717) is 17.5 Å². The number of nitrogens with one attached hydrogen (secondary N) is 2. The van der Waals surface area contributed by atoms with Crippen LogP contribution in [-0.4, -0.2) is 28.5 Å². The van der Waals surface area contributed by atoms with Gasteiger partial charge in [-0.25, -0.2) is 9.97 Å². The molecular formula is C13H23N5O. The van der Waals surface area contributed by atoms with E-state index in [0.717, 1.165) is 5.56 Å². The summed E-state index contributed by atoms with van der Waals surface area (Å²) >= 11 is 0. The smallest absolute Gasteiger partial charge is 0.239 e. The zero-order valence-corrected chi connectivity index (χ0v) is 12.2. The molecule has 1 aromatic rings. The van der Waals surface area contributed by atoms with E-state index in [4.69, 9.17) is 5.73 Å². The molecule has 19 heavy (non-hydrogen) atoms. The van der Waals surface area contributed by atoms with Crippen LogP contribution in [0.2, 0.25) is 0 Å². The summed E-state index contributed by atoms with van der Waals surface area (Å²) in [4.78, 5) is 20.2. The molecule has 0 radical (unpaired) electrons. The SMILES string of the molecule is Cc1c(N)nc(C(C)C)nc1NCC(=O)NC(C)C. The molecule has 0 unspecified atom stereocenters. The minimum Gasteiger partial charge on any atom is -0.383 e. The van der Waals surface area contributed by atoms with E-state index in [1.807, 2.05) is 34.6 Å². The number of anilines is 2. The number of nitrogen functional groups attached to an aromatic ring is 1. The third-order valence-electron chi connectivity index (χ3n) is 2.58. The van der Waals surface area contributed by atoms with Crippen molar-refractivity contribution in [2.45, 2.75) is 46.6 Å². The summed E-state index contributed by atoms with van der Waals surface area (Å²) in [7, 11) is 0. The van der Waals surface area contributed by atoms with Crippen molar-refractivity contribution >= 4 is 17.5 Å². The van der Waals surface area contributed by atoms with Crippen molar-refractivity contribution in [1.82, 2.24) is 15.3 Å². The number of nitrogens with zero attached hydrogens (tertiary/aromatic N) is 2. The van der Waals surface area contributed by atoms with Gasteiger partial charge in [0.05, 0.1) is 6.54 Å². The van der Waals surface area contributed by atoms with Crippen LogP contribution in [0.15, 0.2) is 0 Å². The maximum absolute atomic E-state index is 11.6. The second kappa shape index (κ2) is 6.36. The van der Waals surface area contributed by atoms with E-state index in [-0.39, 0.29) is 24.4 Å². The third kappa shape index (κ3) is 4.39. The molecule has 1 aromatic heterocycles. The number of nitrogens with two attached hydrogens (primary N) is 1. The molecule has 6 heteroatoms. The first-order valence-electron chi connectivity index (χ1n) is 6.48. The topological polar surface area (TPSA) is 92.9 Å². The Labute approximate surface area is 114 Å². The maximum atomic E-state index is 11.6. The van der Waals surface area contributed by atoms with Gasteiger partial charge in [0.1, 0.15) is 17.5 Å². The molecule has 0 aliphatic carbocycles. The quantitative estimate of drug-likeness (QED) is 0.749. The average Bonchev–Trinajstić information content (AvgIpc) is 2.29. The molecule has 1 rings (SSSR count). The molecule has 0 spiro atoms. The fourth-order valence-electron chi connectivity index (χ4n) is 1.52. The molecule has 0 aliphatic heterocycles. The second-order valence-corrected chi connectivity index (χ2v) is 5.17. The zero-order valence-electron chi connectivity index (χ0n) is 12.2. The Morgan fingerprint density at radius 3 is 2.42 bits per heavy atom. The van der Waals surface area contributed by atoms with Crippen LogP contribution >= 0.6 is 0 Å². The van der Waals surface area contributed by atoms with Gasteiger partial charge in [-0.15, -0.1) is 0 Å². The van der Waals surface area contributed by atoms with Gasteiger partial charge in [0.15, 0.2) is 0 Å². The van der Waals surface area contributed by atoms with Crippen LogP contribution in [-0.2, 0) is 4.79 Å². The van der Waals surface area contributed by atoms with E-state index in [9.17, 15) is 4.79 Å². The number of amides is 1. The number of hydrogen-bond donors (Lipinski definition) is 3. The molecule has 4 N–H and O–H groups in total. The molecule has 0 aromatic carbocycles. The van der Waals surface area contributed by atoms with Crippen molar-refractivity contribution in [2.24, 2.45) is 0 Å². The predicted octanol–water partition coefficient (Wildman–Crippen LogP) is 1.43. The first-order chi connectivity index (χ1) is 8.81. The van der Waals surface area contributed by atoms with Crippen molar-refractivity contribution in [1.29, 1.82) is 0 Å². The van der Waals surface area contributed by atoms with E-state index < -0.39 is 0 Å². The molecule has 0 saturated carbocycles. The highest BCUT2D eigenvalue weighted by molar-refractivity contribution is 5.81. The van der Waals surface area contributed by atoms with Gasteiger partial charge in [0.2, 0.25) is 5.91 Å². The first-order valence-corrected chi connectivity index (χ1v) is 6.48. The molecule has 6 nitrogen and oxygen atoms in total. The van der Waals surface area contributed by atoms with Gasteiger partial charge in [0, 0.05) is 17.5 Å². The Morgan fingerprint density at radius 2 is 1.89 bits per heavy atom. The molecular weight excluding hydrogens is 242 g/mol. The summed E-state index contributed by atoms with van der Waals surface area (Å²) in [6.07, 6.45) is 0. The molecule has 0 saturated heterocycles. The van der Waals surface area contributed by atoms with Crippen LogP contribution < -0.4 is 16.4 Å². The zero-order chi connectivity index (χ0) is 14.6. The van der Waals surface area contributed by atoms with E-state index >= 15 is 0 Å². The Morgan fingerprint density at radius 1 is 1.26 bits per heavy atom. The fourth-order valence-corrected chi connectivity index (χ4v) is 1.52. The summed E-state index contributed by atoms with van der Waals surface area (Å²) in [6.45, 7) is 9.85. The summed E-state index contributed by atoms with van der Waals surface area (Å²) in [5, 5.41) is 5.82. The Balaban J connectivity index is 2.80. The van der Waals surface area contributed by atoms with Gasteiger partial charge >= 0.3 is 0 Å². The molecule has 106 valence electrons. The lowest BCUT2D eigenvalue weighted by atomic mass is 10.2. The Kier molecular flexibility index (Phi) is 5.09. The summed E-state index contributed by atoms with van der Waals surface area (Å²) < 4.78 is 0. The van der Waals surface area contributed by atoms with Crippen LogP contribution in [0.3, 0.4) is 0 Å². The summed E-state index contributed by atoms with van der Waals surface area (Å²) in [6, 6.07) is 0.122. The van der Waals surface area contributed by atoms with Crippen molar-refractivity contribution in [2.75, 3.05) is 17.6 Å². The number of carbonyl (C=O) groups is 1. The number of rotatable bonds is 5. The van der Waals surface area contributed by atoms with Crippen LogP contribution in [0, 0.1) is 6.92 Å². The average molecular weight is 265 g/mol. The molecule has 1 heterocycles. The van der Waals surface area contributed by atoms with Gasteiger partial charge in [-0.05, 0) is 20.8 Å². The molecule has 0 atom stereocenters. The van der Waals surface area contributed by atoms with E-state index in [2.05, 4.69) is 20.6 Å². The number of carbonyl (C=O) groups excluding carboxylic acids is 1. The highest BCUT2D eigenvalue weighted by atomic mass is 16.1. The number of aromatic nitrogens is 2. The lowest BCUT2D eigenvalue weighted by Crippen LogP contribution is -2.35. The molecule has 0 bridgehead atoms. The van der Waals surface area contributed by atoms with Gasteiger partial charge in [-0.1, -0.05) is 13.8 Å². The lowest BCUT2D eigenvalue weighted by molar-refractivity contribution is -0.119. The largest absolute Gasteiger partial charge is 0.383 e. The van der Waals surface area contributed by atoms with Crippen molar-refractivity contribution in [3.05, 3.63) is 11.4 Å². The molecule has 1 amide bonds. The highest BCUT2D eigenvalue weighted by Gasteiger charge is 2.12. The van der Waals surface area contributed by atoms with Crippen molar-refractivity contribution < 1.29 is 4.79 Å². The predicted molar refractivity (Wildman–Crippen MR) is 77.0 cm³/mol. The van der Waals surface area contributed by atoms with Crippen LogP contribution in [0.5, 0.6) is 0 Å². The minimum absolute atomic E-state index is 0.0716. The maximum Gasteiger partial charge on any atom is 0.239 e. The normalized spacial score (nSPS) is 10.9.